The fraction of sp³-hybridized carbons (Fsp3) is 0.471. The second-order valence-electron chi connectivity index (χ2n) is 6.64. The average Bonchev–Trinajstić information content (AvgIpc) is 2.53. The monoisotopic (exact) mass is 348 g/mol. The van der Waals surface area contributed by atoms with Gasteiger partial charge in [-0.05, 0) is 44.9 Å². The number of hydrogen-bond donors (Lipinski definition) is 4. The molecule has 0 saturated carbocycles. The molecule has 1 aliphatic heterocycles. The number of anilines is 2. The Morgan fingerprint density at radius 2 is 2.12 bits per heavy atom. The van der Waals surface area contributed by atoms with Gasteiger partial charge < -0.3 is 21.1 Å². The molecule has 1 saturated heterocycles. The minimum Gasteiger partial charge on any atom is -0.481 e. The van der Waals surface area contributed by atoms with E-state index in [1.807, 2.05) is 6.07 Å². The van der Waals surface area contributed by atoms with E-state index < -0.39 is 17.5 Å². The van der Waals surface area contributed by atoms with Gasteiger partial charge in [0.15, 0.2) is 0 Å². The van der Waals surface area contributed by atoms with Crippen LogP contribution in [-0.2, 0) is 4.79 Å². The van der Waals surface area contributed by atoms with Gasteiger partial charge >= 0.3 is 18.0 Å². The third-order valence-electron chi connectivity index (χ3n) is 3.91. The van der Waals surface area contributed by atoms with Crippen LogP contribution in [-0.4, -0.2) is 41.8 Å². The number of urea groups is 2. The number of amides is 4. The molecule has 8 heteroatoms. The highest BCUT2D eigenvalue weighted by Crippen LogP contribution is 2.21. The first-order valence-electron chi connectivity index (χ1n) is 8.23. The third-order valence-corrected chi connectivity index (χ3v) is 3.91. The van der Waals surface area contributed by atoms with Crippen molar-refractivity contribution in [2.24, 2.45) is 0 Å². The van der Waals surface area contributed by atoms with Crippen molar-refractivity contribution in [2.45, 2.75) is 38.6 Å². The van der Waals surface area contributed by atoms with E-state index in [2.05, 4.69) is 16.0 Å². The van der Waals surface area contributed by atoms with Crippen LogP contribution in [0.5, 0.6) is 0 Å². The van der Waals surface area contributed by atoms with Gasteiger partial charge in [-0.3, -0.25) is 9.69 Å². The van der Waals surface area contributed by atoms with Crippen molar-refractivity contribution >= 4 is 29.4 Å². The Bertz CT molecular complexity index is 660. The van der Waals surface area contributed by atoms with Crippen LogP contribution in [0.2, 0.25) is 0 Å². The van der Waals surface area contributed by atoms with Crippen LogP contribution in [0.1, 0.15) is 33.1 Å². The third kappa shape index (κ3) is 5.66. The van der Waals surface area contributed by atoms with Gasteiger partial charge in [0.1, 0.15) is 0 Å². The summed E-state index contributed by atoms with van der Waals surface area (Å²) >= 11 is 0. The fourth-order valence-electron chi connectivity index (χ4n) is 2.58. The molecule has 1 aromatic rings. The number of carbonyl (C=O) groups is 3. The summed E-state index contributed by atoms with van der Waals surface area (Å²) in [5, 5.41) is 17.0. The molecule has 0 unspecified atom stereocenters. The lowest BCUT2D eigenvalue weighted by Gasteiger charge is -2.28. The molecule has 0 spiro atoms. The van der Waals surface area contributed by atoms with Crippen molar-refractivity contribution in [1.82, 2.24) is 10.6 Å². The second-order valence-corrected chi connectivity index (χ2v) is 6.64. The summed E-state index contributed by atoms with van der Waals surface area (Å²) in [7, 11) is 0. The zero-order chi connectivity index (χ0) is 18.4. The highest BCUT2D eigenvalue weighted by molar-refractivity contribution is 5.95. The maximum absolute atomic E-state index is 12.2. The summed E-state index contributed by atoms with van der Waals surface area (Å²) in [5.41, 5.74) is 0.620. The molecule has 0 aliphatic carbocycles. The molecule has 4 N–H and O–H groups in total. The van der Waals surface area contributed by atoms with Gasteiger partial charge in [-0.1, -0.05) is 6.07 Å². The molecule has 1 aromatic carbocycles. The SMILES string of the molecule is CC(C)(CCC(=O)O)NC(=O)Nc1cccc(N2CCCNC2=O)c1. The Kier molecular flexibility index (Phi) is 5.84. The van der Waals surface area contributed by atoms with E-state index in [0.29, 0.717) is 30.9 Å². The van der Waals surface area contributed by atoms with E-state index in [0.717, 1.165) is 6.42 Å². The highest BCUT2D eigenvalue weighted by atomic mass is 16.4. The van der Waals surface area contributed by atoms with Crippen LogP contribution in [0.4, 0.5) is 21.0 Å². The molecule has 0 bridgehead atoms. The summed E-state index contributed by atoms with van der Waals surface area (Å²) in [6.07, 6.45) is 1.16. The van der Waals surface area contributed by atoms with E-state index in [-0.39, 0.29) is 12.5 Å². The number of carboxylic acids is 1. The van der Waals surface area contributed by atoms with E-state index in [1.54, 1.807) is 36.9 Å². The number of benzene rings is 1. The maximum atomic E-state index is 12.2. The number of nitrogens with zero attached hydrogens (tertiary/aromatic N) is 1. The van der Waals surface area contributed by atoms with Gasteiger partial charge in [0.2, 0.25) is 0 Å². The number of carbonyl (C=O) groups excluding carboxylic acids is 2. The summed E-state index contributed by atoms with van der Waals surface area (Å²) < 4.78 is 0. The minimum absolute atomic E-state index is 0.0210. The average molecular weight is 348 g/mol. The molecule has 0 radical (unpaired) electrons. The van der Waals surface area contributed by atoms with Crippen LogP contribution in [0, 0.1) is 0 Å². The van der Waals surface area contributed by atoms with Crippen molar-refractivity contribution < 1.29 is 19.5 Å². The van der Waals surface area contributed by atoms with Gasteiger partial charge in [0, 0.05) is 36.4 Å². The lowest BCUT2D eigenvalue weighted by molar-refractivity contribution is -0.137. The molecular weight excluding hydrogens is 324 g/mol. The quantitative estimate of drug-likeness (QED) is 0.632. The van der Waals surface area contributed by atoms with Gasteiger partial charge in [-0.15, -0.1) is 0 Å². The summed E-state index contributed by atoms with van der Waals surface area (Å²) in [6, 6.07) is 6.47. The lowest BCUT2D eigenvalue weighted by atomic mass is 9.99. The minimum atomic E-state index is -0.900. The van der Waals surface area contributed by atoms with Gasteiger partial charge in [0.25, 0.3) is 0 Å². The van der Waals surface area contributed by atoms with E-state index in [1.165, 1.54) is 0 Å². The van der Waals surface area contributed by atoms with Crippen LogP contribution >= 0.6 is 0 Å². The predicted octanol–water partition coefficient (Wildman–Crippen LogP) is 2.37. The molecule has 8 nitrogen and oxygen atoms in total. The first kappa shape index (κ1) is 18.6. The molecule has 0 atom stereocenters. The molecule has 2 rings (SSSR count). The standard InChI is InChI=1S/C17H24N4O4/c1-17(2,8-7-14(22)23)20-15(24)19-12-5-3-6-13(11-12)21-10-4-9-18-16(21)25/h3,5-6,11H,4,7-10H2,1-2H3,(H,18,25)(H,22,23)(H2,19,20,24). The van der Waals surface area contributed by atoms with E-state index >= 15 is 0 Å². The summed E-state index contributed by atoms with van der Waals surface area (Å²) in [4.78, 5) is 36.4. The molecule has 1 heterocycles. The van der Waals surface area contributed by atoms with Crippen molar-refractivity contribution in [1.29, 1.82) is 0 Å². The molecule has 25 heavy (non-hydrogen) atoms. The predicted molar refractivity (Wildman–Crippen MR) is 94.9 cm³/mol. The second kappa shape index (κ2) is 7.87. The zero-order valence-corrected chi connectivity index (χ0v) is 14.5. The summed E-state index contributed by atoms with van der Waals surface area (Å²) in [5.74, 6) is -0.900. The molecule has 1 fully saturated rings. The Morgan fingerprint density at radius 3 is 2.80 bits per heavy atom. The molecular formula is C17H24N4O4. The van der Waals surface area contributed by atoms with Crippen LogP contribution < -0.4 is 20.9 Å². The fourth-order valence-corrected chi connectivity index (χ4v) is 2.58. The Balaban J connectivity index is 1.98. The van der Waals surface area contributed by atoms with Crippen molar-refractivity contribution in [2.75, 3.05) is 23.3 Å². The van der Waals surface area contributed by atoms with Crippen LogP contribution in [0.3, 0.4) is 0 Å². The number of aliphatic carboxylic acids is 1. The van der Waals surface area contributed by atoms with Gasteiger partial charge in [0.05, 0.1) is 0 Å². The smallest absolute Gasteiger partial charge is 0.321 e. The van der Waals surface area contributed by atoms with Crippen LogP contribution in [0.25, 0.3) is 0 Å². The number of nitrogens with one attached hydrogen (secondary N) is 3. The van der Waals surface area contributed by atoms with E-state index in [9.17, 15) is 14.4 Å². The van der Waals surface area contributed by atoms with E-state index in [4.69, 9.17) is 5.11 Å². The van der Waals surface area contributed by atoms with Crippen LogP contribution in [0.15, 0.2) is 24.3 Å². The molecule has 1 aliphatic rings. The first-order chi connectivity index (χ1) is 11.8. The molecule has 4 amide bonds. The highest BCUT2D eigenvalue weighted by Gasteiger charge is 2.22. The zero-order valence-electron chi connectivity index (χ0n) is 14.5. The van der Waals surface area contributed by atoms with Gasteiger partial charge in [-0.25, -0.2) is 9.59 Å². The first-order valence-corrected chi connectivity index (χ1v) is 8.23. The van der Waals surface area contributed by atoms with Crippen molar-refractivity contribution in [3.8, 4) is 0 Å². The molecule has 0 aromatic heterocycles. The van der Waals surface area contributed by atoms with Gasteiger partial charge in [-0.2, -0.15) is 0 Å². The van der Waals surface area contributed by atoms with Crippen molar-refractivity contribution in [3.63, 3.8) is 0 Å². The normalized spacial score (nSPS) is 14.6. The number of carboxylic acid groups (broad SMARTS) is 1. The lowest BCUT2D eigenvalue weighted by Crippen LogP contribution is -2.46. The topological polar surface area (TPSA) is 111 Å². The maximum Gasteiger partial charge on any atom is 0.321 e. The Hall–Kier alpha value is -2.77. The largest absolute Gasteiger partial charge is 0.481 e. The number of rotatable bonds is 6. The molecule has 136 valence electrons. The summed E-state index contributed by atoms with van der Waals surface area (Å²) in [6.45, 7) is 4.83. The van der Waals surface area contributed by atoms with Crippen molar-refractivity contribution in [3.05, 3.63) is 24.3 Å². The Labute approximate surface area is 146 Å². The number of hydrogen-bond acceptors (Lipinski definition) is 3. The Morgan fingerprint density at radius 1 is 1.36 bits per heavy atom.